The highest BCUT2D eigenvalue weighted by Crippen LogP contribution is 2.16. The number of amides is 1. The van der Waals surface area contributed by atoms with Crippen LogP contribution in [-0.2, 0) is 11.3 Å². The molecule has 2 aromatic rings. The van der Waals surface area contributed by atoms with E-state index < -0.39 is 10.7 Å². The summed E-state index contributed by atoms with van der Waals surface area (Å²) in [4.78, 5) is 22.0. The third kappa shape index (κ3) is 3.66. The van der Waals surface area contributed by atoms with Crippen LogP contribution in [-0.4, -0.2) is 20.6 Å². The number of hydrogen-bond acceptors (Lipinski definition) is 4. The Kier molecular flexibility index (Phi) is 4.50. The molecule has 0 unspecified atom stereocenters. The summed E-state index contributed by atoms with van der Waals surface area (Å²) >= 11 is 0. The van der Waals surface area contributed by atoms with Gasteiger partial charge in [0.05, 0.1) is 4.92 Å². The second-order valence-corrected chi connectivity index (χ2v) is 4.88. The fourth-order valence-electron chi connectivity index (χ4n) is 1.91. The molecule has 0 aliphatic rings. The number of aryl methyl sites for hydroxylation is 3. The molecule has 7 nitrogen and oxygen atoms in total. The first-order chi connectivity index (χ1) is 10.4. The van der Waals surface area contributed by atoms with Crippen LogP contribution in [0.4, 0.5) is 15.8 Å². The third-order valence-corrected chi connectivity index (χ3v) is 3.14. The van der Waals surface area contributed by atoms with Gasteiger partial charge in [0.25, 0.3) is 0 Å². The highest BCUT2D eigenvalue weighted by molar-refractivity contribution is 5.90. The van der Waals surface area contributed by atoms with Gasteiger partial charge in [0.1, 0.15) is 17.7 Å². The number of anilines is 1. The van der Waals surface area contributed by atoms with Crippen LogP contribution >= 0.6 is 0 Å². The summed E-state index contributed by atoms with van der Waals surface area (Å²) in [5.74, 6) is -0.713. The van der Waals surface area contributed by atoms with E-state index in [4.69, 9.17) is 0 Å². The number of halogens is 1. The molecule has 0 fully saturated rings. The van der Waals surface area contributed by atoms with Crippen molar-refractivity contribution in [3.8, 4) is 0 Å². The van der Waals surface area contributed by atoms with E-state index in [2.05, 4.69) is 10.4 Å². The minimum absolute atomic E-state index is 0.0772. The second kappa shape index (κ2) is 6.33. The molecule has 116 valence electrons. The second-order valence-electron chi connectivity index (χ2n) is 4.88. The van der Waals surface area contributed by atoms with Crippen molar-refractivity contribution in [1.29, 1.82) is 0 Å². The van der Waals surface area contributed by atoms with E-state index in [-0.39, 0.29) is 24.6 Å². The fourth-order valence-corrected chi connectivity index (χ4v) is 1.91. The highest BCUT2D eigenvalue weighted by atomic mass is 19.1. The van der Waals surface area contributed by atoms with Crippen molar-refractivity contribution in [1.82, 2.24) is 9.78 Å². The first-order valence-electron chi connectivity index (χ1n) is 6.61. The van der Waals surface area contributed by atoms with Gasteiger partial charge in [-0.25, -0.2) is 4.39 Å². The molecule has 0 aliphatic carbocycles. The maximum absolute atomic E-state index is 13.4. The number of nitrogens with zero attached hydrogens (tertiary/aromatic N) is 3. The summed E-state index contributed by atoms with van der Waals surface area (Å²) in [7, 11) is 0. The molecule has 0 spiro atoms. The number of aromatic nitrogens is 2. The molecular weight excluding hydrogens is 291 g/mol. The molecule has 22 heavy (non-hydrogen) atoms. The van der Waals surface area contributed by atoms with Crippen LogP contribution in [0.1, 0.15) is 17.7 Å². The lowest BCUT2D eigenvalue weighted by atomic mass is 10.2. The first-order valence-corrected chi connectivity index (χ1v) is 6.61. The lowest BCUT2D eigenvalue weighted by Crippen LogP contribution is -2.15. The van der Waals surface area contributed by atoms with E-state index in [0.717, 1.165) is 0 Å². The van der Waals surface area contributed by atoms with Gasteiger partial charge < -0.3 is 5.32 Å². The van der Waals surface area contributed by atoms with Crippen LogP contribution < -0.4 is 5.32 Å². The van der Waals surface area contributed by atoms with Crippen LogP contribution in [0.15, 0.2) is 24.4 Å². The van der Waals surface area contributed by atoms with Crippen molar-refractivity contribution in [3.05, 3.63) is 51.6 Å². The van der Waals surface area contributed by atoms with E-state index >= 15 is 0 Å². The Morgan fingerprint density at radius 2 is 2.18 bits per heavy atom. The van der Waals surface area contributed by atoms with Gasteiger partial charge in [0.2, 0.25) is 5.91 Å². The van der Waals surface area contributed by atoms with Crippen LogP contribution in [0.2, 0.25) is 0 Å². The van der Waals surface area contributed by atoms with Gasteiger partial charge in [-0.2, -0.15) is 5.10 Å². The van der Waals surface area contributed by atoms with Gasteiger partial charge in [0.15, 0.2) is 0 Å². The minimum Gasteiger partial charge on any atom is -0.326 e. The number of carbonyl (C=O) groups is 1. The van der Waals surface area contributed by atoms with E-state index in [1.165, 1.54) is 23.9 Å². The van der Waals surface area contributed by atoms with Gasteiger partial charge in [-0.15, -0.1) is 0 Å². The predicted molar refractivity (Wildman–Crippen MR) is 78.0 cm³/mol. The molecule has 8 heteroatoms. The Bertz CT molecular complexity index is 727. The Morgan fingerprint density at radius 1 is 1.45 bits per heavy atom. The molecule has 1 aromatic heterocycles. The maximum Gasteiger partial charge on any atom is 0.309 e. The van der Waals surface area contributed by atoms with Crippen LogP contribution in [0.3, 0.4) is 0 Å². The van der Waals surface area contributed by atoms with E-state index in [1.54, 1.807) is 19.1 Å². The molecule has 0 saturated carbocycles. The van der Waals surface area contributed by atoms with Crippen molar-refractivity contribution < 1.29 is 14.1 Å². The van der Waals surface area contributed by atoms with Gasteiger partial charge >= 0.3 is 5.69 Å². The molecular formula is C14H15FN4O3. The largest absolute Gasteiger partial charge is 0.326 e. The minimum atomic E-state index is -0.520. The fraction of sp³-hybridized carbons (Fsp3) is 0.286. The van der Waals surface area contributed by atoms with Crippen LogP contribution in [0.25, 0.3) is 0 Å². The van der Waals surface area contributed by atoms with E-state index in [1.807, 2.05) is 0 Å². The summed E-state index contributed by atoms with van der Waals surface area (Å²) < 4.78 is 14.7. The molecule has 1 amide bonds. The molecule has 0 saturated heterocycles. The number of nitrogens with one attached hydrogen (secondary N) is 1. The summed E-state index contributed by atoms with van der Waals surface area (Å²) in [6, 6.07) is 4.43. The predicted octanol–water partition coefficient (Wildman–Crippen LogP) is 2.58. The monoisotopic (exact) mass is 306 g/mol. The lowest BCUT2D eigenvalue weighted by Gasteiger charge is -2.06. The van der Waals surface area contributed by atoms with Crippen molar-refractivity contribution in [3.63, 3.8) is 0 Å². The number of carbonyl (C=O) groups excluding carboxylic acids is 1. The lowest BCUT2D eigenvalue weighted by molar-refractivity contribution is -0.385. The Hall–Kier alpha value is -2.77. The SMILES string of the molecule is Cc1ccc(NC(=O)CCn2cc([N+](=O)[O-])c(C)n2)cc1F. The van der Waals surface area contributed by atoms with Crippen molar-refractivity contribution in [2.24, 2.45) is 0 Å². The van der Waals surface area contributed by atoms with Gasteiger partial charge in [-0.1, -0.05) is 6.07 Å². The number of benzene rings is 1. The Morgan fingerprint density at radius 3 is 2.77 bits per heavy atom. The smallest absolute Gasteiger partial charge is 0.309 e. The molecule has 0 bridgehead atoms. The van der Waals surface area contributed by atoms with Gasteiger partial charge in [-0.3, -0.25) is 19.6 Å². The molecule has 2 rings (SSSR count). The number of hydrogen-bond donors (Lipinski definition) is 1. The molecule has 1 heterocycles. The quantitative estimate of drug-likeness (QED) is 0.679. The summed E-state index contributed by atoms with van der Waals surface area (Å²) in [5.41, 5.74) is 1.08. The zero-order valence-corrected chi connectivity index (χ0v) is 12.2. The molecule has 0 atom stereocenters. The van der Waals surface area contributed by atoms with E-state index in [9.17, 15) is 19.3 Å². The van der Waals surface area contributed by atoms with Crippen molar-refractivity contribution >= 4 is 17.3 Å². The van der Waals surface area contributed by atoms with Crippen LogP contribution in [0, 0.1) is 29.8 Å². The van der Waals surface area contributed by atoms with Crippen molar-refractivity contribution in [2.75, 3.05) is 5.32 Å². The molecule has 0 aliphatic heterocycles. The third-order valence-electron chi connectivity index (χ3n) is 3.14. The molecule has 0 radical (unpaired) electrons. The standard InChI is InChI=1S/C14H15FN4O3/c1-9-3-4-11(7-12(9)15)16-14(20)5-6-18-8-13(19(21)22)10(2)17-18/h3-4,7-8H,5-6H2,1-2H3,(H,16,20). The first kappa shape index (κ1) is 15.6. The van der Waals surface area contributed by atoms with E-state index in [0.29, 0.717) is 16.9 Å². The average molecular weight is 306 g/mol. The van der Waals surface area contributed by atoms with Gasteiger partial charge in [-0.05, 0) is 31.5 Å². The summed E-state index contributed by atoms with van der Waals surface area (Å²) in [6.07, 6.45) is 1.36. The Balaban J connectivity index is 1.94. The zero-order valence-electron chi connectivity index (χ0n) is 12.2. The summed E-state index contributed by atoms with van der Waals surface area (Å²) in [6.45, 7) is 3.37. The topological polar surface area (TPSA) is 90.1 Å². The average Bonchev–Trinajstić information content (AvgIpc) is 2.82. The Labute approximate surface area is 125 Å². The summed E-state index contributed by atoms with van der Waals surface area (Å²) in [5, 5.41) is 17.3. The van der Waals surface area contributed by atoms with Gasteiger partial charge in [0, 0.05) is 18.7 Å². The zero-order chi connectivity index (χ0) is 16.3. The highest BCUT2D eigenvalue weighted by Gasteiger charge is 2.15. The number of nitro groups is 1. The normalized spacial score (nSPS) is 10.5. The van der Waals surface area contributed by atoms with Crippen LogP contribution in [0.5, 0.6) is 0 Å². The molecule has 1 aromatic carbocycles. The molecule has 1 N–H and O–H groups in total. The van der Waals surface area contributed by atoms with Crippen molar-refractivity contribution in [2.45, 2.75) is 26.8 Å². The maximum atomic E-state index is 13.4. The number of rotatable bonds is 5.